The molecule has 2 rings (SSSR count). The van der Waals surface area contributed by atoms with E-state index in [2.05, 4.69) is 5.32 Å². The Hall–Kier alpha value is -0.880. The predicted octanol–water partition coefficient (Wildman–Crippen LogP) is 1.06. The fourth-order valence-electron chi connectivity index (χ4n) is 1.79. The summed E-state index contributed by atoms with van der Waals surface area (Å²) in [7, 11) is -2.96. The molecule has 1 unspecified atom stereocenters. The van der Waals surface area contributed by atoms with Gasteiger partial charge in [-0.3, -0.25) is 4.79 Å². The zero-order valence-corrected chi connectivity index (χ0v) is 10.3. The Kier molecular flexibility index (Phi) is 3.30. The number of sulfone groups is 1. The first kappa shape index (κ1) is 11.6. The van der Waals surface area contributed by atoms with E-state index in [0.29, 0.717) is 17.7 Å². The number of carbonyl (C=O) groups is 1. The minimum absolute atomic E-state index is 0.183. The molecule has 1 amide bonds. The van der Waals surface area contributed by atoms with Crippen molar-refractivity contribution in [3.8, 4) is 0 Å². The van der Waals surface area contributed by atoms with E-state index in [1.54, 1.807) is 12.1 Å². The second-order valence-electron chi connectivity index (χ2n) is 3.82. The minimum atomic E-state index is -2.96. The van der Waals surface area contributed by atoms with Crippen molar-refractivity contribution in [1.82, 2.24) is 5.32 Å². The van der Waals surface area contributed by atoms with Gasteiger partial charge in [0.2, 0.25) is 0 Å². The van der Waals surface area contributed by atoms with Gasteiger partial charge >= 0.3 is 0 Å². The van der Waals surface area contributed by atoms with Crippen molar-refractivity contribution in [1.29, 1.82) is 0 Å². The number of rotatable bonds is 3. The first-order chi connectivity index (χ1) is 7.59. The van der Waals surface area contributed by atoms with Crippen LogP contribution >= 0.6 is 11.3 Å². The fraction of sp³-hybridized carbons (Fsp3) is 0.500. The number of thiophene rings is 1. The van der Waals surface area contributed by atoms with Gasteiger partial charge in [0.05, 0.1) is 15.9 Å². The average Bonchev–Trinajstić information content (AvgIpc) is 2.83. The fourth-order valence-corrected chi connectivity index (χ4v) is 4.19. The van der Waals surface area contributed by atoms with Crippen molar-refractivity contribution < 1.29 is 13.2 Å². The van der Waals surface area contributed by atoms with Gasteiger partial charge in [0.1, 0.15) is 0 Å². The molecule has 1 saturated heterocycles. The third kappa shape index (κ3) is 2.44. The van der Waals surface area contributed by atoms with Crippen LogP contribution < -0.4 is 5.32 Å². The molecule has 1 N–H and O–H groups in total. The van der Waals surface area contributed by atoms with E-state index in [1.807, 2.05) is 5.38 Å². The lowest BCUT2D eigenvalue weighted by atomic mass is 10.2. The molecule has 0 bridgehead atoms. The van der Waals surface area contributed by atoms with Crippen molar-refractivity contribution in [2.75, 3.05) is 12.3 Å². The van der Waals surface area contributed by atoms with Crippen LogP contribution in [-0.4, -0.2) is 31.9 Å². The second-order valence-corrected chi connectivity index (χ2v) is 7.17. The van der Waals surface area contributed by atoms with Gasteiger partial charge in [-0.25, -0.2) is 8.42 Å². The summed E-state index contributed by atoms with van der Waals surface area (Å²) in [5.41, 5.74) is 0. The Morgan fingerprint density at radius 3 is 2.94 bits per heavy atom. The maximum atomic E-state index is 11.6. The van der Waals surface area contributed by atoms with Crippen LogP contribution in [0.3, 0.4) is 0 Å². The summed E-state index contributed by atoms with van der Waals surface area (Å²) in [6.07, 6.45) is 1.37. The highest BCUT2D eigenvalue weighted by Crippen LogP contribution is 2.19. The lowest BCUT2D eigenvalue weighted by Crippen LogP contribution is -2.34. The third-order valence-electron chi connectivity index (χ3n) is 2.70. The van der Waals surface area contributed by atoms with Crippen LogP contribution in [0, 0.1) is 0 Å². The van der Waals surface area contributed by atoms with Crippen LogP contribution in [0.1, 0.15) is 22.5 Å². The molecular weight excluding hydrogens is 246 g/mol. The largest absolute Gasteiger partial charge is 0.350 e. The summed E-state index contributed by atoms with van der Waals surface area (Å²) in [4.78, 5) is 12.2. The Bertz CT molecular complexity index is 464. The number of hydrogen-bond acceptors (Lipinski definition) is 4. The number of amides is 1. The molecule has 0 aliphatic carbocycles. The van der Waals surface area contributed by atoms with E-state index in [-0.39, 0.29) is 18.2 Å². The molecule has 1 aromatic heterocycles. The van der Waals surface area contributed by atoms with Gasteiger partial charge in [-0.15, -0.1) is 11.3 Å². The van der Waals surface area contributed by atoms with Crippen LogP contribution in [0.15, 0.2) is 17.5 Å². The number of hydrogen-bond donors (Lipinski definition) is 1. The number of carbonyl (C=O) groups excluding carboxylic acids is 1. The lowest BCUT2D eigenvalue weighted by molar-refractivity contribution is 0.0957. The summed E-state index contributed by atoms with van der Waals surface area (Å²) < 4.78 is 23.0. The molecule has 1 atom stereocenters. The van der Waals surface area contributed by atoms with Gasteiger partial charge in [-0.05, 0) is 24.3 Å². The monoisotopic (exact) mass is 259 g/mol. The Balaban J connectivity index is 1.91. The quantitative estimate of drug-likeness (QED) is 0.882. The molecule has 1 aliphatic rings. The van der Waals surface area contributed by atoms with Crippen LogP contribution in [0.4, 0.5) is 0 Å². The van der Waals surface area contributed by atoms with Gasteiger partial charge in [0, 0.05) is 6.54 Å². The molecule has 0 aromatic carbocycles. The van der Waals surface area contributed by atoms with Gasteiger partial charge in [0.15, 0.2) is 9.84 Å². The van der Waals surface area contributed by atoms with Crippen molar-refractivity contribution in [2.24, 2.45) is 0 Å². The van der Waals surface area contributed by atoms with E-state index < -0.39 is 15.1 Å². The highest BCUT2D eigenvalue weighted by atomic mass is 32.2. The SMILES string of the molecule is O=C(NCC1CCCS1(=O)=O)c1cccs1. The van der Waals surface area contributed by atoms with E-state index in [1.165, 1.54) is 11.3 Å². The Morgan fingerprint density at radius 2 is 2.38 bits per heavy atom. The third-order valence-corrected chi connectivity index (χ3v) is 5.84. The van der Waals surface area contributed by atoms with Gasteiger partial charge in [-0.2, -0.15) is 0 Å². The summed E-state index contributed by atoms with van der Waals surface area (Å²) in [6.45, 7) is 0.235. The van der Waals surface area contributed by atoms with Gasteiger partial charge < -0.3 is 5.32 Å². The van der Waals surface area contributed by atoms with E-state index in [0.717, 1.165) is 0 Å². The zero-order chi connectivity index (χ0) is 11.6. The van der Waals surface area contributed by atoms with E-state index in [4.69, 9.17) is 0 Å². The summed E-state index contributed by atoms with van der Waals surface area (Å²) in [5, 5.41) is 4.10. The topological polar surface area (TPSA) is 63.2 Å². The summed E-state index contributed by atoms with van der Waals surface area (Å²) in [6, 6.07) is 3.52. The predicted molar refractivity (Wildman–Crippen MR) is 63.5 cm³/mol. The number of nitrogens with one attached hydrogen (secondary N) is 1. The molecule has 88 valence electrons. The van der Waals surface area contributed by atoms with Crippen molar-refractivity contribution >= 4 is 27.1 Å². The van der Waals surface area contributed by atoms with Crippen molar-refractivity contribution in [3.63, 3.8) is 0 Å². The zero-order valence-electron chi connectivity index (χ0n) is 8.68. The van der Waals surface area contributed by atoms with Crippen LogP contribution in [0.2, 0.25) is 0 Å². The summed E-state index contributed by atoms with van der Waals surface area (Å²) in [5.74, 6) is 0.0732. The standard InChI is InChI=1S/C10H13NO3S2/c12-10(9-4-1-5-15-9)11-7-8-3-2-6-16(8,13)14/h1,4-5,8H,2-3,6-7H2,(H,11,12). The molecule has 4 nitrogen and oxygen atoms in total. The molecule has 0 spiro atoms. The molecule has 1 aliphatic heterocycles. The summed E-state index contributed by atoms with van der Waals surface area (Å²) >= 11 is 1.35. The molecular formula is C10H13NO3S2. The van der Waals surface area contributed by atoms with Crippen LogP contribution in [0.25, 0.3) is 0 Å². The van der Waals surface area contributed by atoms with Gasteiger partial charge in [0.25, 0.3) is 5.91 Å². The smallest absolute Gasteiger partial charge is 0.261 e. The van der Waals surface area contributed by atoms with E-state index >= 15 is 0 Å². The second kappa shape index (κ2) is 4.55. The van der Waals surface area contributed by atoms with Crippen LogP contribution in [0.5, 0.6) is 0 Å². The first-order valence-electron chi connectivity index (χ1n) is 5.13. The van der Waals surface area contributed by atoms with Gasteiger partial charge in [-0.1, -0.05) is 6.07 Å². The molecule has 2 heterocycles. The highest BCUT2D eigenvalue weighted by Gasteiger charge is 2.31. The van der Waals surface area contributed by atoms with Crippen LogP contribution in [-0.2, 0) is 9.84 Å². The van der Waals surface area contributed by atoms with E-state index in [9.17, 15) is 13.2 Å². The molecule has 6 heteroatoms. The molecule has 0 saturated carbocycles. The molecule has 0 radical (unpaired) electrons. The molecule has 1 fully saturated rings. The van der Waals surface area contributed by atoms with Crippen molar-refractivity contribution in [3.05, 3.63) is 22.4 Å². The molecule has 1 aromatic rings. The van der Waals surface area contributed by atoms with Crippen molar-refractivity contribution in [2.45, 2.75) is 18.1 Å². The normalized spacial score (nSPS) is 23.1. The first-order valence-corrected chi connectivity index (χ1v) is 7.72. The molecule has 16 heavy (non-hydrogen) atoms. The lowest BCUT2D eigenvalue weighted by Gasteiger charge is -2.09. The maximum Gasteiger partial charge on any atom is 0.261 e. The minimum Gasteiger partial charge on any atom is -0.350 e. The maximum absolute atomic E-state index is 11.6. The Labute approximate surface area is 98.6 Å². The average molecular weight is 259 g/mol. The highest BCUT2D eigenvalue weighted by molar-refractivity contribution is 7.92. The Morgan fingerprint density at radius 1 is 1.56 bits per heavy atom.